The Balaban J connectivity index is 4.10. The van der Waals surface area contributed by atoms with Gasteiger partial charge >= 0.3 is 7.82 Å². The standard InChI is InChI=1S/C43H89N2O6P/c1-6-8-10-12-14-15-16-17-18-19-20-21-22-23-24-25-26-27-28-29-31-32-34-36-42(46)41(40-51-52(48,49)50-39-38-45(3,4)5)44-43(47)37-35-33-30-13-11-9-7-2/h41-42,46H,6-40H2,1-5H3,(H-,44,47,48,49)/p+1. The lowest BCUT2D eigenvalue weighted by molar-refractivity contribution is -0.870. The van der Waals surface area contributed by atoms with E-state index in [9.17, 15) is 19.4 Å². The van der Waals surface area contributed by atoms with E-state index in [0.29, 0.717) is 23.9 Å². The molecule has 312 valence electrons. The highest BCUT2D eigenvalue weighted by Gasteiger charge is 2.28. The molecule has 3 unspecified atom stereocenters. The summed E-state index contributed by atoms with van der Waals surface area (Å²) in [7, 11) is 1.62. The summed E-state index contributed by atoms with van der Waals surface area (Å²) in [5, 5.41) is 13.9. The number of amides is 1. The summed E-state index contributed by atoms with van der Waals surface area (Å²) in [5.41, 5.74) is 0. The van der Waals surface area contributed by atoms with Crippen LogP contribution in [-0.2, 0) is 18.4 Å². The van der Waals surface area contributed by atoms with Gasteiger partial charge in [0.1, 0.15) is 13.2 Å². The number of aliphatic hydroxyl groups excluding tert-OH is 1. The molecule has 0 aliphatic rings. The summed E-state index contributed by atoms with van der Waals surface area (Å²) in [6.07, 6.45) is 38.7. The van der Waals surface area contributed by atoms with Gasteiger partial charge in [-0.15, -0.1) is 0 Å². The van der Waals surface area contributed by atoms with Crippen LogP contribution in [0.2, 0.25) is 0 Å². The molecule has 0 spiro atoms. The zero-order chi connectivity index (χ0) is 38.6. The average molecular weight is 762 g/mol. The molecule has 0 fully saturated rings. The lowest BCUT2D eigenvalue weighted by Gasteiger charge is -2.26. The highest BCUT2D eigenvalue weighted by atomic mass is 31.2. The van der Waals surface area contributed by atoms with Crippen molar-refractivity contribution in [1.82, 2.24) is 5.32 Å². The molecule has 0 aliphatic heterocycles. The maximum atomic E-state index is 12.7. The van der Waals surface area contributed by atoms with Gasteiger partial charge in [0.05, 0.1) is 39.9 Å². The number of unbranched alkanes of at least 4 members (excludes halogenated alkanes) is 28. The number of likely N-dealkylation sites (N-methyl/N-ethyl adjacent to an activating group) is 1. The van der Waals surface area contributed by atoms with Gasteiger partial charge in [0.15, 0.2) is 0 Å². The topological polar surface area (TPSA) is 105 Å². The number of carbonyl (C=O) groups is 1. The highest BCUT2D eigenvalue weighted by molar-refractivity contribution is 7.47. The first-order chi connectivity index (χ1) is 25.0. The van der Waals surface area contributed by atoms with Gasteiger partial charge in [-0.25, -0.2) is 4.57 Å². The van der Waals surface area contributed by atoms with Crippen molar-refractivity contribution >= 4 is 13.7 Å². The van der Waals surface area contributed by atoms with Crippen molar-refractivity contribution in [1.29, 1.82) is 0 Å². The summed E-state index contributed by atoms with van der Waals surface area (Å²) < 4.78 is 23.5. The molecule has 0 radical (unpaired) electrons. The number of rotatable bonds is 41. The Morgan fingerprint density at radius 2 is 0.923 bits per heavy atom. The fourth-order valence-corrected chi connectivity index (χ4v) is 7.49. The maximum absolute atomic E-state index is 12.7. The first-order valence-corrected chi connectivity index (χ1v) is 23.9. The number of aliphatic hydroxyl groups is 1. The van der Waals surface area contributed by atoms with Crippen molar-refractivity contribution < 1.29 is 32.9 Å². The SMILES string of the molecule is CCCCCCCCCCCCCCCCCCCCCCCCCC(O)C(COP(=O)(O)OCC[N+](C)(C)C)NC(=O)CCCCCCCCC. The van der Waals surface area contributed by atoms with Crippen LogP contribution in [0.25, 0.3) is 0 Å². The van der Waals surface area contributed by atoms with Crippen LogP contribution in [0.3, 0.4) is 0 Å². The van der Waals surface area contributed by atoms with Crippen LogP contribution in [-0.4, -0.2) is 73.4 Å². The number of carbonyl (C=O) groups excluding carboxylic acids is 1. The van der Waals surface area contributed by atoms with E-state index in [1.54, 1.807) is 0 Å². The van der Waals surface area contributed by atoms with E-state index in [0.717, 1.165) is 38.5 Å². The van der Waals surface area contributed by atoms with E-state index in [1.807, 2.05) is 21.1 Å². The van der Waals surface area contributed by atoms with Crippen LogP contribution in [0.15, 0.2) is 0 Å². The van der Waals surface area contributed by atoms with Crippen LogP contribution in [0.4, 0.5) is 0 Å². The van der Waals surface area contributed by atoms with E-state index in [2.05, 4.69) is 19.2 Å². The molecule has 9 heteroatoms. The highest BCUT2D eigenvalue weighted by Crippen LogP contribution is 2.43. The Hall–Kier alpha value is -0.500. The lowest BCUT2D eigenvalue weighted by Crippen LogP contribution is -2.46. The van der Waals surface area contributed by atoms with Crippen molar-refractivity contribution in [3.63, 3.8) is 0 Å². The van der Waals surface area contributed by atoms with Crippen LogP contribution < -0.4 is 5.32 Å². The smallest absolute Gasteiger partial charge is 0.391 e. The first kappa shape index (κ1) is 51.5. The van der Waals surface area contributed by atoms with Crippen molar-refractivity contribution in [3.8, 4) is 0 Å². The summed E-state index contributed by atoms with van der Waals surface area (Å²) in [6.45, 7) is 4.86. The summed E-state index contributed by atoms with van der Waals surface area (Å²) >= 11 is 0. The monoisotopic (exact) mass is 762 g/mol. The molecule has 8 nitrogen and oxygen atoms in total. The summed E-state index contributed by atoms with van der Waals surface area (Å²) in [5.74, 6) is -0.149. The second kappa shape index (κ2) is 36.2. The van der Waals surface area contributed by atoms with Gasteiger partial charge in [0.25, 0.3) is 0 Å². The van der Waals surface area contributed by atoms with Crippen LogP contribution in [0, 0.1) is 0 Å². The largest absolute Gasteiger partial charge is 0.472 e. The summed E-state index contributed by atoms with van der Waals surface area (Å²) in [6, 6.07) is -0.751. The van der Waals surface area contributed by atoms with E-state index >= 15 is 0 Å². The molecule has 3 N–H and O–H groups in total. The first-order valence-electron chi connectivity index (χ1n) is 22.4. The fourth-order valence-electron chi connectivity index (χ4n) is 6.75. The molecule has 3 atom stereocenters. The Bertz CT molecular complexity index is 824. The zero-order valence-corrected chi connectivity index (χ0v) is 36.2. The van der Waals surface area contributed by atoms with Crippen molar-refractivity contribution in [2.24, 2.45) is 0 Å². The molecule has 0 aliphatic carbocycles. The third-order valence-electron chi connectivity index (χ3n) is 10.4. The number of quaternary nitrogens is 1. The van der Waals surface area contributed by atoms with Gasteiger partial charge in [-0.2, -0.15) is 0 Å². The number of hydrogen-bond acceptors (Lipinski definition) is 5. The molecular weight excluding hydrogens is 671 g/mol. The van der Waals surface area contributed by atoms with Gasteiger partial charge in [0.2, 0.25) is 5.91 Å². The number of hydrogen-bond donors (Lipinski definition) is 3. The molecule has 0 bridgehead atoms. The van der Waals surface area contributed by atoms with E-state index in [4.69, 9.17) is 9.05 Å². The Labute approximate surface area is 323 Å². The molecule has 0 aromatic rings. The number of phosphoric acid groups is 1. The molecule has 1 amide bonds. The molecule has 0 aromatic carbocycles. The third kappa shape index (κ3) is 37.8. The number of nitrogens with one attached hydrogen (secondary N) is 1. The minimum Gasteiger partial charge on any atom is -0.391 e. The van der Waals surface area contributed by atoms with Gasteiger partial charge in [-0.05, 0) is 12.8 Å². The Kier molecular flexibility index (Phi) is 35.8. The van der Waals surface area contributed by atoms with Crippen LogP contribution in [0.1, 0.15) is 219 Å². The average Bonchev–Trinajstić information content (AvgIpc) is 3.09. The molecule has 0 saturated heterocycles. The normalized spacial score (nSPS) is 14.4. The van der Waals surface area contributed by atoms with E-state index < -0.39 is 20.0 Å². The molecule has 0 aromatic heterocycles. The van der Waals surface area contributed by atoms with Gasteiger partial charge in [0, 0.05) is 6.42 Å². The molecule has 0 saturated carbocycles. The van der Waals surface area contributed by atoms with Gasteiger partial charge < -0.3 is 19.8 Å². The van der Waals surface area contributed by atoms with Gasteiger partial charge in [-0.3, -0.25) is 13.8 Å². The fraction of sp³-hybridized carbons (Fsp3) is 0.977. The third-order valence-corrected chi connectivity index (χ3v) is 11.3. The molecule has 0 heterocycles. The predicted molar refractivity (Wildman–Crippen MR) is 222 cm³/mol. The second-order valence-electron chi connectivity index (χ2n) is 16.8. The number of phosphoric ester groups is 1. The van der Waals surface area contributed by atoms with Crippen LogP contribution >= 0.6 is 7.82 Å². The van der Waals surface area contributed by atoms with E-state index in [1.165, 1.54) is 154 Å². The predicted octanol–water partition coefficient (Wildman–Crippen LogP) is 12.2. The van der Waals surface area contributed by atoms with Crippen molar-refractivity contribution in [3.05, 3.63) is 0 Å². The quantitative estimate of drug-likeness (QED) is 0.0325. The lowest BCUT2D eigenvalue weighted by atomic mass is 10.0. The van der Waals surface area contributed by atoms with E-state index in [-0.39, 0.29) is 19.1 Å². The van der Waals surface area contributed by atoms with Crippen molar-refractivity contribution in [2.45, 2.75) is 231 Å². The van der Waals surface area contributed by atoms with Crippen LogP contribution in [0.5, 0.6) is 0 Å². The minimum absolute atomic E-state index is 0.0780. The molecular formula is C43H90N2O6P+. The second-order valence-corrected chi connectivity index (χ2v) is 18.2. The number of nitrogens with zero attached hydrogens (tertiary/aromatic N) is 1. The Morgan fingerprint density at radius 1 is 0.577 bits per heavy atom. The summed E-state index contributed by atoms with van der Waals surface area (Å²) in [4.78, 5) is 22.9. The zero-order valence-electron chi connectivity index (χ0n) is 35.3. The Morgan fingerprint density at radius 3 is 1.29 bits per heavy atom. The maximum Gasteiger partial charge on any atom is 0.472 e. The minimum atomic E-state index is -4.30. The van der Waals surface area contributed by atoms with Gasteiger partial charge in [-0.1, -0.05) is 200 Å². The molecule has 52 heavy (non-hydrogen) atoms. The van der Waals surface area contributed by atoms with Crippen molar-refractivity contribution in [2.75, 3.05) is 40.9 Å². The molecule has 0 rings (SSSR count).